The van der Waals surface area contributed by atoms with Crippen LogP contribution in [0, 0.1) is 0 Å². The number of hydrogen-bond acceptors (Lipinski definition) is 6. The first-order chi connectivity index (χ1) is 13.6. The first-order valence-electron chi connectivity index (χ1n) is 8.16. The van der Waals surface area contributed by atoms with E-state index >= 15 is 0 Å². The van der Waals surface area contributed by atoms with E-state index in [0.29, 0.717) is 0 Å². The number of fused-ring (bicyclic) bond motifs is 1. The summed E-state index contributed by atoms with van der Waals surface area (Å²) in [5.74, 6) is -1.30. The van der Waals surface area contributed by atoms with E-state index in [2.05, 4.69) is 15.4 Å². The summed E-state index contributed by atoms with van der Waals surface area (Å²) in [6.45, 7) is 0.889. The molecule has 7 nitrogen and oxygen atoms in total. The summed E-state index contributed by atoms with van der Waals surface area (Å²) in [5.41, 5.74) is -0.730. The second kappa shape index (κ2) is 8.03. The van der Waals surface area contributed by atoms with Crippen LogP contribution in [0.15, 0.2) is 40.9 Å². The van der Waals surface area contributed by atoms with Gasteiger partial charge in [0, 0.05) is 31.3 Å². The normalized spacial score (nSPS) is 18.5. The van der Waals surface area contributed by atoms with Gasteiger partial charge in [-0.05, 0) is 12.2 Å². The van der Waals surface area contributed by atoms with Crippen molar-refractivity contribution in [2.24, 2.45) is 5.10 Å². The maximum absolute atomic E-state index is 13.2. The fraction of sp³-hybridized carbons (Fsp3) is 0.294. The highest BCUT2D eigenvalue weighted by Gasteiger charge is 2.46. The van der Waals surface area contributed by atoms with Crippen LogP contribution < -0.4 is 5.32 Å². The SMILES string of the molecule is CC(=O)OCC1=CC=C(C(=O)Nc2c(Cl)cncc2Cl)C2CC(C(F)(F)F)=NN12. The number of ether oxygens (including phenoxy) is 1. The van der Waals surface area contributed by atoms with Crippen molar-refractivity contribution in [3.63, 3.8) is 0 Å². The van der Waals surface area contributed by atoms with E-state index < -0.39 is 36.2 Å². The largest absolute Gasteiger partial charge is 0.459 e. The van der Waals surface area contributed by atoms with E-state index in [9.17, 15) is 22.8 Å². The molecule has 29 heavy (non-hydrogen) atoms. The molecule has 1 aromatic rings. The summed E-state index contributed by atoms with van der Waals surface area (Å²) in [6.07, 6.45) is 0.0472. The number of hydrazone groups is 1. The lowest BCUT2D eigenvalue weighted by Gasteiger charge is -2.30. The second-order valence-electron chi connectivity index (χ2n) is 6.10. The number of anilines is 1. The van der Waals surface area contributed by atoms with E-state index in [0.717, 1.165) is 5.01 Å². The van der Waals surface area contributed by atoms with Gasteiger partial charge in [-0.15, -0.1) is 0 Å². The van der Waals surface area contributed by atoms with Gasteiger partial charge in [0.15, 0.2) is 0 Å². The van der Waals surface area contributed by atoms with E-state index in [-0.39, 0.29) is 33.6 Å². The van der Waals surface area contributed by atoms with Crippen molar-refractivity contribution in [3.8, 4) is 0 Å². The van der Waals surface area contributed by atoms with Crippen molar-refractivity contribution in [1.82, 2.24) is 9.99 Å². The number of allylic oxidation sites excluding steroid dienone is 2. The molecule has 0 saturated heterocycles. The molecule has 0 radical (unpaired) electrons. The minimum atomic E-state index is -4.66. The molecule has 1 amide bonds. The minimum Gasteiger partial charge on any atom is -0.459 e. The molecule has 0 aromatic carbocycles. The minimum absolute atomic E-state index is 0.0171. The van der Waals surface area contributed by atoms with Crippen LogP contribution in [0.3, 0.4) is 0 Å². The summed E-state index contributed by atoms with van der Waals surface area (Å²) in [7, 11) is 0. The van der Waals surface area contributed by atoms with Gasteiger partial charge in [-0.1, -0.05) is 23.2 Å². The first kappa shape index (κ1) is 21.1. The summed E-state index contributed by atoms with van der Waals surface area (Å²) >= 11 is 12.0. The highest BCUT2D eigenvalue weighted by Crippen LogP contribution is 2.36. The molecule has 1 aromatic heterocycles. The fourth-order valence-corrected chi connectivity index (χ4v) is 3.25. The third-order valence-electron chi connectivity index (χ3n) is 4.12. The quantitative estimate of drug-likeness (QED) is 0.709. The zero-order valence-corrected chi connectivity index (χ0v) is 16.3. The van der Waals surface area contributed by atoms with E-state index in [1.54, 1.807) is 0 Å². The Hall–Kier alpha value is -2.59. The van der Waals surface area contributed by atoms with Gasteiger partial charge in [0.1, 0.15) is 12.3 Å². The molecule has 154 valence electrons. The Morgan fingerprint density at radius 3 is 2.52 bits per heavy atom. The molecule has 12 heteroatoms. The molecule has 0 aliphatic carbocycles. The van der Waals surface area contributed by atoms with Crippen molar-refractivity contribution in [3.05, 3.63) is 45.9 Å². The molecule has 1 N–H and O–H groups in total. The predicted molar refractivity (Wildman–Crippen MR) is 99.4 cm³/mol. The lowest BCUT2D eigenvalue weighted by atomic mass is 9.97. The van der Waals surface area contributed by atoms with Gasteiger partial charge in [-0.3, -0.25) is 19.6 Å². The first-order valence-corrected chi connectivity index (χ1v) is 8.92. The Labute approximate surface area is 172 Å². The van der Waals surface area contributed by atoms with Crippen LogP contribution in [0.2, 0.25) is 10.0 Å². The summed E-state index contributed by atoms with van der Waals surface area (Å²) in [4.78, 5) is 27.6. The molecule has 0 saturated carbocycles. The Balaban J connectivity index is 1.90. The highest BCUT2D eigenvalue weighted by molar-refractivity contribution is 6.39. The molecule has 3 rings (SSSR count). The summed E-state index contributed by atoms with van der Waals surface area (Å²) in [5, 5.41) is 7.28. The van der Waals surface area contributed by atoms with Gasteiger partial charge >= 0.3 is 12.1 Å². The topological polar surface area (TPSA) is 83.9 Å². The molecule has 1 unspecified atom stereocenters. The van der Waals surface area contributed by atoms with Gasteiger partial charge < -0.3 is 10.1 Å². The number of nitrogens with one attached hydrogen (secondary N) is 1. The predicted octanol–water partition coefficient (Wildman–Crippen LogP) is 3.71. The van der Waals surface area contributed by atoms with Gasteiger partial charge in [-0.2, -0.15) is 18.3 Å². The van der Waals surface area contributed by atoms with E-state index in [4.69, 9.17) is 27.9 Å². The average Bonchev–Trinajstić information content (AvgIpc) is 3.08. The zero-order chi connectivity index (χ0) is 21.3. The fourth-order valence-electron chi connectivity index (χ4n) is 2.80. The zero-order valence-electron chi connectivity index (χ0n) is 14.8. The maximum Gasteiger partial charge on any atom is 0.431 e. The van der Waals surface area contributed by atoms with Crippen LogP contribution in [0.25, 0.3) is 0 Å². The van der Waals surface area contributed by atoms with Gasteiger partial charge in [0.2, 0.25) is 0 Å². The van der Waals surface area contributed by atoms with Crippen molar-refractivity contribution in [1.29, 1.82) is 0 Å². The average molecular weight is 449 g/mol. The molecule has 0 bridgehead atoms. The van der Waals surface area contributed by atoms with Crippen LogP contribution in [0.5, 0.6) is 0 Å². The Bertz CT molecular complexity index is 939. The van der Waals surface area contributed by atoms with E-state index in [1.807, 2.05) is 0 Å². The standard InChI is InChI=1S/C17H13Cl2F3N4O3/c1-8(27)29-7-9-2-3-10(13-4-14(17(20,21)22)25-26(9)13)16(28)24-15-11(18)5-23-6-12(15)19/h2-3,5-6,13H,4,7H2,1H3,(H,23,24,28). The van der Waals surface area contributed by atoms with Crippen LogP contribution in [0.4, 0.5) is 18.9 Å². The van der Waals surface area contributed by atoms with Crippen molar-refractivity contribution >= 4 is 46.5 Å². The van der Waals surface area contributed by atoms with Crippen LogP contribution in [0.1, 0.15) is 13.3 Å². The number of halogens is 5. The number of aromatic nitrogens is 1. The molecule has 1 atom stereocenters. The van der Waals surface area contributed by atoms with Crippen LogP contribution in [-0.2, 0) is 14.3 Å². The highest BCUT2D eigenvalue weighted by atomic mass is 35.5. The van der Waals surface area contributed by atoms with Crippen LogP contribution >= 0.6 is 23.2 Å². The third kappa shape index (κ3) is 4.54. The smallest absolute Gasteiger partial charge is 0.431 e. The summed E-state index contributed by atoms with van der Waals surface area (Å²) < 4.78 is 44.5. The molecule has 2 aliphatic rings. The molecule has 2 aliphatic heterocycles. The Morgan fingerprint density at radius 2 is 1.93 bits per heavy atom. The molecule has 0 spiro atoms. The van der Waals surface area contributed by atoms with Gasteiger partial charge in [-0.25, -0.2) is 0 Å². The number of pyridine rings is 1. The number of hydrogen-bond donors (Lipinski definition) is 1. The van der Waals surface area contributed by atoms with Gasteiger partial charge in [0.05, 0.1) is 27.5 Å². The number of amides is 1. The second-order valence-corrected chi connectivity index (χ2v) is 6.92. The molecule has 0 fully saturated rings. The summed E-state index contributed by atoms with van der Waals surface area (Å²) in [6, 6.07) is -1.03. The number of carbonyl (C=O) groups is 2. The van der Waals surface area contributed by atoms with Crippen molar-refractivity contribution < 1.29 is 27.5 Å². The Kier molecular flexibility index (Phi) is 5.85. The number of nitrogens with zero attached hydrogens (tertiary/aromatic N) is 3. The monoisotopic (exact) mass is 448 g/mol. The molecular weight excluding hydrogens is 436 g/mol. The lowest BCUT2D eigenvalue weighted by molar-refractivity contribution is -0.140. The maximum atomic E-state index is 13.2. The number of esters is 1. The number of carbonyl (C=O) groups excluding carboxylic acids is 2. The number of alkyl halides is 3. The van der Waals surface area contributed by atoms with Crippen molar-refractivity contribution in [2.45, 2.75) is 25.6 Å². The van der Waals surface area contributed by atoms with Crippen molar-refractivity contribution in [2.75, 3.05) is 11.9 Å². The Morgan fingerprint density at radius 1 is 1.28 bits per heavy atom. The molecule has 3 heterocycles. The van der Waals surface area contributed by atoms with E-state index in [1.165, 1.54) is 31.5 Å². The number of rotatable bonds is 4. The van der Waals surface area contributed by atoms with Crippen LogP contribution in [-0.4, -0.2) is 46.4 Å². The third-order valence-corrected chi connectivity index (χ3v) is 4.70. The van der Waals surface area contributed by atoms with Gasteiger partial charge in [0.25, 0.3) is 5.91 Å². The molecular formula is C17H13Cl2F3N4O3. The lowest BCUT2D eigenvalue weighted by Crippen LogP contribution is -2.37.